The van der Waals surface area contributed by atoms with Crippen molar-refractivity contribution in [3.63, 3.8) is 0 Å². The summed E-state index contributed by atoms with van der Waals surface area (Å²) in [6, 6.07) is 0. The van der Waals surface area contributed by atoms with E-state index in [4.69, 9.17) is 0 Å². The van der Waals surface area contributed by atoms with Crippen molar-refractivity contribution in [3.05, 3.63) is 0 Å². The van der Waals surface area contributed by atoms with E-state index in [1.54, 1.807) is 0 Å². The molecule has 10 heteroatoms. The first kappa shape index (κ1) is 14.5. The highest BCUT2D eigenvalue weighted by Gasteiger charge is 2.50. The Labute approximate surface area is 81.1 Å². The molecule has 0 fully saturated rings. The van der Waals surface area contributed by atoms with Gasteiger partial charge in [-0.15, -0.1) is 0 Å². The van der Waals surface area contributed by atoms with Gasteiger partial charge in [-0.25, -0.2) is 13.2 Å². The summed E-state index contributed by atoms with van der Waals surface area (Å²) in [4.78, 5) is 0. The number of alkyl halides is 6. The zero-order valence-corrected chi connectivity index (χ0v) is 8.00. The van der Waals surface area contributed by atoms with Gasteiger partial charge in [0.1, 0.15) is 6.61 Å². The summed E-state index contributed by atoms with van der Waals surface area (Å²) in [7, 11) is -6.11. The molecule has 0 radical (unpaired) electrons. The monoisotopic (exact) mass is 260 g/mol. The molecule has 0 heterocycles. The van der Waals surface area contributed by atoms with E-state index in [1.807, 2.05) is 0 Å². The Hall–Kier alpha value is -0.510. The third-order valence-electron chi connectivity index (χ3n) is 1.27. The van der Waals surface area contributed by atoms with E-state index in [-0.39, 0.29) is 0 Å². The predicted molar refractivity (Wildman–Crippen MR) is 36.4 cm³/mol. The van der Waals surface area contributed by atoms with Crippen LogP contribution in [0.5, 0.6) is 0 Å². The van der Waals surface area contributed by atoms with E-state index in [0.29, 0.717) is 6.92 Å². The predicted octanol–water partition coefficient (Wildman–Crippen LogP) is 1.85. The lowest BCUT2D eigenvalue weighted by atomic mass is 10.2. The van der Waals surface area contributed by atoms with Crippen LogP contribution in [-0.2, 0) is 14.3 Å². The average molecular weight is 260 g/mol. The van der Waals surface area contributed by atoms with Crippen LogP contribution >= 0.6 is 0 Å². The topological polar surface area (TPSA) is 43.4 Å². The van der Waals surface area contributed by atoms with Crippen molar-refractivity contribution < 1.29 is 38.9 Å². The van der Waals surface area contributed by atoms with Crippen molar-refractivity contribution >= 4 is 10.1 Å². The van der Waals surface area contributed by atoms with E-state index in [2.05, 4.69) is 4.18 Å². The average Bonchev–Trinajstić information content (AvgIpc) is 1.99. The van der Waals surface area contributed by atoms with Gasteiger partial charge < -0.3 is 0 Å². The number of rotatable bonds is 4. The fraction of sp³-hybridized carbons (Fsp3) is 1.00. The van der Waals surface area contributed by atoms with Gasteiger partial charge in [-0.1, -0.05) is 0 Å². The standard InChI is InChI=1S/C5H6F6O3S/c1-3(6)4(7,8)2-14-15(12,13)5(9,10)11/h3H,2H2,1H3. The highest BCUT2D eigenvalue weighted by atomic mass is 32.2. The van der Waals surface area contributed by atoms with E-state index < -0.39 is 34.3 Å². The summed E-state index contributed by atoms with van der Waals surface area (Å²) in [6.45, 7) is -1.82. The third-order valence-corrected chi connectivity index (χ3v) is 2.27. The van der Waals surface area contributed by atoms with Gasteiger partial charge in [-0.05, 0) is 6.92 Å². The Kier molecular flexibility index (Phi) is 4.02. The van der Waals surface area contributed by atoms with Crippen LogP contribution in [0.15, 0.2) is 0 Å². The van der Waals surface area contributed by atoms with Gasteiger partial charge in [0.25, 0.3) is 0 Å². The normalized spacial score (nSPS) is 16.5. The largest absolute Gasteiger partial charge is 0.523 e. The molecule has 15 heavy (non-hydrogen) atoms. The molecular weight excluding hydrogens is 254 g/mol. The molecule has 0 aromatic rings. The minimum atomic E-state index is -6.11. The molecule has 1 unspecified atom stereocenters. The SMILES string of the molecule is CC(F)C(F)(F)COS(=O)(=O)C(F)(F)F. The zero-order chi connectivity index (χ0) is 12.5. The van der Waals surface area contributed by atoms with Gasteiger partial charge >= 0.3 is 21.5 Å². The lowest BCUT2D eigenvalue weighted by Crippen LogP contribution is -2.37. The second-order valence-corrected chi connectivity index (χ2v) is 4.15. The molecular formula is C5H6F6O3S. The van der Waals surface area contributed by atoms with E-state index in [1.165, 1.54) is 0 Å². The minimum Gasteiger partial charge on any atom is -0.257 e. The van der Waals surface area contributed by atoms with Crippen LogP contribution in [0, 0.1) is 0 Å². The molecule has 0 amide bonds. The molecule has 0 saturated carbocycles. The van der Waals surface area contributed by atoms with Crippen LogP contribution in [0.2, 0.25) is 0 Å². The van der Waals surface area contributed by atoms with Crippen LogP contribution in [-0.4, -0.2) is 32.6 Å². The summed E-state index contributed by atoms with van der Waals surface area (Å²) in [6.07, 6.45) is -2.82. The van der Waals surface area contributed by atoms with Crippen LogP contribution in [0.1, 0.15) is 6.92 Å². The molecule has 0 aliphatic heterocycles. The van der Waals surface area contributed by atoms with Crippen molar-refractivity contribution in [2.45, 2.75) is 24.5 Å². The van der Waals surface area contributed by atoms with Gasteiger partial charge in [-0.2, -0.15) is 21.6 Å². The summed E-state index contributed by atoms with van der Waals surface area (Å²) in [5, 5.41) is 0. The first-order valence-corrected chi connectivity index (χ1v) is 4.78. The Balaban J connectivity index is 4.55. The summed E-state index contributed by atoms with van der Waals surface area (Å²) in [5.41, 5.74) is -5.80. The molecule has 0 aliphatic carbocycles. The highest BCUT2D eigenvalue weighted by Crippen LogP contribution is 2.28. The maximum atomic E-state index is 12.3. The van der Waals surface area contributed by atoms with Gasteiger partial charge in [0.15, 0.2) is 6.17 Å². The fourth-order valence-corrected chi connectivity index (χ4v) is 0.784. The molecule has 1 atom stereocenters. The molecule has 0 aromatic heterocycles. The number of halogens is 6. The maximum absolute atomic E-state index is 12.3. The van der Waals surface area contributed by atoms with Crippen molar-refractivity contribution in [2.75, 3.05) is 6.61 Å². The van der Waals surface area contributed by atoms with Gasteiger partial charge in [0, 0.05) is 0 Å². The second-order valence-electron chi connectivity index (χ2n) is 2.54. The molecule has 0 N–H and O–H groups in total. The van der Waals surface area contributed by atoms with Crippen LogP contribution in [0.4, 0.5) is 26.3 Å². The lowest BCUT2D eigenvalue weighted by Gasteiger charge is -2.17. The van der Waals surface area contributed by atoms with Crippen LogP contribution in [0.3, 0.4) is 0 Å². The Morgan fingerprint density at radius 1 is 1.20 bits per heavy atom. The third kappa shape index (κ3) is 3.86. The molecule has 3 nitrogen and oxygen atoms in total. The van der Waals surface area contributed by atoms with Crippen LogP contribution in [0.25, 0.3) is 0 Å². The molecule has 0 aliphatic rings. The highest BCUT2D eigenvalue weighted by molar-refractivity contribution is 7.87. The smallest absolute Gasteiger partial charge is 0.257 e. The van der Waals surface area contributed by atoms with Gasteiger partial charge in [0.2, 0.25) is 0 Å². The number of hydrogen-bond acceptors (Lipinski definition) is 3. The molecule has 92 valence electrons. The Morgan fingerprint density at radius 3 is 1.87 bits per heavy atom. The molecule has 0 rings (SSSR count). The van der Waals surface area contributed by atoms with Gasteiger partial charge in [-0.3, -0.25) is 4.18 Å². The van der Waals surface area contributed by atoms with E-state index in [0.717, 1.165) is 0 Å². The maximum Gasteiger partial charge on any atom is 0.523 e. The molecule has 0 saturated heterocycles. The quantitative estimate of drug-likeness (QED) is 0.440. The molecule has 0 spiro atoms. The first-order valence-electron chi connectivity index (χ1n) is 3.38. The summed E-state index contributed by atoms with van der Waals surface area (Å²) in [5.74, 6) is -4.29. The summed E-state index contributed by atoms with van der Waals surface area (Å²) < 4.78 is 94.6. The van der Waals surface area contributed by atoms with E-state index in [9.17, 15) is 34.8 Å². The van der Waals surface area contributed by atoms with Crippen molar-refractivity contribution in [3.8, 4) is 0 Å². The van der Waals surface area contributed by atoms with E-state index >= 15 is 0 Å². The van der Waals surface area contributed by atoms with Crippen molar-refractivity contribution in [1.29, 1.82) is 0 Å². The lowest BCUT2D eigenvalue weighted by molar-refractivity contribution is -0.103. The molecule has 0 bridgehead atoms. The van der Waals surface area contributed by atoms with Crippen LogP contribution < -0.4 is 0 Å². The first-order chi connectivity index (χ1) is 6.40. The second kappa shape index (κ2) is 4.16. The summed E-state index contributed by atoms with van der Waals surface area (Å²) >= 11 is 0. The fourth-order valence-electron chi connectivity index (χ4n) is 0.338. The van der Waals surface area contributed by atoms with Crippen molar-refractivity contribution in [2.24, 2.45) is 0 Å². The minimum absolute atomic E-state index is 0.365. The van der Waals surface area contributed by atoms with Gasteiger partial charge in [0.05, 0.1) is 0 Å². The zero-order valence-electron chi connectivity index (χ0n) is 7.19. The Bertz CT molecular complexity index is 305. The molecule has 0 aromatic carbocycles. The Morgan fingerprint density at radius 2 is 1.60 bits per heavy atom. The van der Waals surface area contributed by atoms with Crippen molar-refractivity contribution in [1.82, 2.24) is 0 Å². The number of hydrogen-bond donors (Lipinski definition) is 0.